The number of halogens is 4. The van der Waals surface area contributed by atoms with Crippen LogP contribution in [0.2, 0.25) is 0 Å². The van der Waals surface area contributed by atoms with Gasteiger partial charge in [0.2, 0.25) is 0 Å². The molecule has 0 spiro atoms. The SMILES string of the molecule is Cc1cc(F)c(-n2c(=O)cc(C(F)(F)F)n(C)c2=O)cc1C(=O)NS(=O)N(C)C(C)C. The Balaban J connectivity index is 2.63. The molecule has 1 N–H and O–H groups in total. The van der Waals surface area contributed by atoms with Gasteiger partial charge in [0.1, 0.15) is 11.5 Å². The van der Waals surface area contributed by atoms with Crippen LogP contribution in [0.15, 0.2) is 27.8 Å². The summed E-state index contributed by atoms with van der Waals surface area (Å²) >= 11 is -1.94. The summed E-state index contributed by atoms with van der Waals surface area (Å²) in [6.07, 6.45) is -4.98. The van der Waals surface area contributed by atoms with Crippen molar-refractivity contribution in [2.24, 2.45) is 7.05 Å². The monoisotopic (exact) mass is 464 g/mol. The summed E-state index contributed by atoms with van der Waals surface area (Å²) in [5, 5.41) is 0. The average Bonchev–Trinajstić information content (AvgIpc) is 2.64. The molecular weight excluding hydrogens is 444 g/mol. The number of hydrogen-bond donors (Lipinski definition) is 1. The van der Waals surface area contributed by atoms with E-state index in [-0.39, 0.29) is 32.4 Å². The Morgan fingerprint density at radius 2 is 1.77 bits per heavy atom. The largest absolute Gasteiger partial charge is 0.431 e. The third-order valence-corrected chi connectivity index (χ3v) is 5.86. The minimum absolute atomic E-state index is 0.0970. The van der Waals surface area contributed by atoms with Crippen LogP contribution in [-0.4, -0.2) is 36.6 Å². The second-order valence-electron chi connectivity index (χ2n) is 6.98. The number of nitrogens with one attached hydrogen (secondary N) is 1. The molecule has 1 heterocycles. The molecule has 0 fully saturated rings. The fraction of sp³-hybridized carbons (Fsp3) is 0.389. The number of nitrogens with zero attached hydrogens (tertiary/aromatic N) is 3. The lowest BCUT2D eigenvalue weighted by Gasteiger charge is -2.20. The van der Waals surface area contributed by atoms with Gasteiger partial charge in [0.15, 0.2) is 11.2 Å². The van der Waals surface area contributed by atoms with Crippen molar-refractivity contribution in [3.8, 4) is 5.69 Å². The van der Waals surface area contributed by atoms with E-state index in [4.69, 9.17) is 0 Å². The molecular formula is C18H20F4N4O4S. The summed E-state index contributed by atoms with van der Waals surface area (Å²) in [5.41, 5.74) is -5.20. The lowest BCUT2D eigenvalue weighted by atomic mass is 10.1. The second kappa shape index (κ2) is 8.75. The van der Waals surface area contributed by atoms with Crippen molar-refractivity contribution < 1.29 is 26.6 Å². The molecule has 13 heteroatoms. The van der Waals surface area contributed by atoms with E-state index >= 15 is 0 Å². The molecule has 170 valence electrons. The van der Waals surface area contributed by atoms with Crippen LogP contribution in [0.25, 0.3) is 5.69 Å². The van der Waals surface area contributed by atoms with Crippen molar-refractivity contribution >= 4 is 17.1 Å². The van der Waals surface area contributed by atoms with Gasteiger partial charge in [0.05, 0.1) is 5.69 Å². The van der Waals surface area contributed by atoms with Crippen LogP contribution < -0.4 is 16.0 Å². The molecule has 1 aromatic heterocycles. The third kappa shape index (κ3) is 4.93. The minimum atomic E-state index is -4.98. The van der Waals surface area contributed by atoms with Crippen LogP contribution in [0.3, 0.4) is 0 Å². The molecule has 8 nitrogen and oxygen atoms in total. The molecule has 31 heavy (non-hydrogen) atoms. The highest BCUT2D eigenvalue weighted by molar-refractivity contribution is 7.81. The summed E-state index contributed by atoms with van der Waals surface area (Å²) in [6, 6.07) is 1.68. The quantitative estimate of drug-likeness (QED) is 0.681. The van der Waals surface area contributed by atoms with Crippen molar-refractivity contribution in [3.05, 3.63) is 61.7 Å². The molecule has 2 aromatic rings. The molecule has 0 saturated heterocycles. The fourth-order valence-corrected chi connectivity index (χ4v) is 3.39. The molecule has 0 aliphatic heterocycles. The maximum absolute atomic E-state index is 14.6. The molecule has 1 amide bonds. The van der Waals surface area contributed by atoms with Crippen molar-refractivity contribution in [1.82, 2.24) is 18.2 Å². The molecule has 0 radical (unpaired) electrons. The third-order valence-electron chi connectivity index (χ3n) is 4.56. The van der Waals surface area contributed by atoms with Gasteiger partial charge in [-0.1, -0.05) is 0 Å². The highest BCUT2D eigenvalue weighted by Crippen LogP contribution is 2.27. The minimum Gasteiger partial charge on any atom is -0.292 e. The molecule has 0 aliphatic rings. The fourth-order valence-electron chi connectivity index (χ4n) is 2.59. The second-order valence-corrected chi connectivity index (χ2v) is 8.26. The van der Waals surface area contributed by atoms with Crippen molar-refractivity contribution in [3.63, 3.8) is 0 Å². The van der Waals surface area contributed by atoms with Gasteiger partial charge < -0.3 is 0 Å². The molecule has 1 aromatic carbocycles. The first-order valence-electron chi connectivity index (χ1n) is 8.83. The zero-order valence-electron chi connectivity index (χ0n) is 17.2. The van der Waals surface area contributed by atoms with Gasteiger partial charge in [0.25, 0.3) is 11.5 Å². The van der Waals surface area contributed by atoms with E-state index in [0.29, 0.717) is 0 Å². The predicted octanol–water partition coefficient (Wildman–Crippen LogP) is 1.65. The Morgan fingerprint density at radius 1 is 1.19 bits per heavy atom. The van der Waals surface area contributed by atoms with Crippen LogP contribution >= 0.6 is 0 Å². The highest BCUT2D eigenvalue weighted by atomic mass is 32.2. The van der Waals surface area contributed by atoms with Crippen LogP contribution in [0.4, 0.5) is 17.6 Å². The standard InChI is InChI=1S/C18H20F4N4O4S/c1-9(2)25(5)31(30)23-16(28)11-7-13(12(19)6-10(11)3)26-15(27)8-14(18(20,21)22)24(4)17(26)29/h6-9H,1-5H3,(H,23,28). The highest BCUT2D eigenvalue weighted by Gasteiger charge is 2.35. The van der Waals surface area contributed by atoms with E-state index in [9.17, 15) is 36.2 Å². The number of amides is 1. The van der Waals surface area contributed by atoms with Crippen LogP contribution in [0, 0.1) is 12.7 Å². The summed E-state index contributed by atoms with van der Waals surface area (Å²) in [7, 11) is 2.28. The van der Waals surface area contributed by atoms with Gasteiger partial charge in [-0.15, -0.1) is 0 Å². The predicted molar refractivity (Wildman–Crippen MR) is 105 cm³/mol. The topological polar surface area (TPSA) is 93.4 Å². The van der Waals surface area contributed by atoms with E-state index in [0.717, 1.165) is 19.2 Å². The van der Waals surface area contributed by atoms with Gasteiger partial charge in [-0.05, 0) is 38.5 Å². The molecule has 2 rings (SSSR count). The molecule has 1 atom stereocenters. The van der Waals surface area contributed by atoms with Gasteiger partial charge in [-0.25, -0.2) is 22.3 Å². The Kier molecular flexibility index (Phi) is 6.90. The molecule has 0 aliphatic carbocycles. The maximum atomic E-state index is 14.6. The Hall–Kier alpha value is -2.80. The first-order chi connectivity index (χ1) is 14.2. The Labute approximate surface area is 176 Å². The average molecular weight is 464 g/mol. The first-order valence-corrected chi connectivity index (χ1v) is 9.94. The van der Waals surface area contributed by atoms with Crippen LogP contribution in [0.5, 0.6) is 0 Å². The van der Waals surface area contributed by atoms with Crippen molar-refractivity contribution in [1.29, 1.82) is 0 Å². The van der Waals surface area contributed by atoms with Gasteiger partial charge in [0, 0.05) is 31.8 Å². The Bertz CT molecular complexity index is 1170. The summed E-state index contributed by atoms with van der Waals surface area (Å²) < 4.78 is 69.7. The van der Waals surface area contributed by atoms with E-state index in [1.165, 1.54) is 18.3 Å². The van der Waals surface area contributed by atoms with Crippen LogP contribution in [0.1, 0.15) is 35.5 Å². The summed E-state index contributed by atoms with van der Waals surface area (Å²) in [6.45, 7) is 4.83. The van der Waals surface area contributed by atoms with E-state index in [1.54, 1.807) is 13.8 Å². The number of carbonyl (C=O) groups is 1. The van der Waals surface area contributed by atoms with E-state index in [1.807, 2.05) is 0 Å². The summed E-state index contributed by atoms with van der Waals surface area (Å²) in [5.74, 6) is -1.99. The van der Waals surface area contributed by atoms with E-state index < -0.39 is 51.7 Å². The molecule has 0 saturated carbocycles. The lowest BCUT2D eigenvalue weighted by molar-refractivity contribution is -0.144. The first kappa shape index (κ1) is 24.5. The van der Waals surface area contributed by atoms with Gasteiger partial charge >= 0.3 is 11.9 Å². The number of aryl methyl sites for hydroxylation is 1. The number of aromatic nitrogens is 2. The van der Waals surface area contributed by atoms with Crippen LogP contribution in [-0.2, 0) is 24.4 Å². The number of hydrogen-bond acceptors (Lipinski definition) is 4. The smallest absolute Gasteiger partial charge is 0.292 e. The number of carbonyl (C=O) groups excluding carboxylic acids is 1. The molecule has 0 bridgehead atoms. The zero-order valence-corrected chi connectivity index (χ0v) is 18.0. The molecule has 1 unspecified atom stereocenters. The summed E-state index contributed by atoms with van der Waals surface area (Å²) in [4.78, 5) is 37.2. The number of rotatable bonds is 5. The van der Waals surface area contributed by atoms with E-state index in [2.05, 4.69) is 4.72 Å². The maximum Gasteiger partial charge on any atom is 0.431 e. The Morgan fingerprint density at radius 3 is 2.29 bits per heavy atom. The van der Waals surface area contributed by atoms with Gasteiger partial charge in [-0.3, -0.25) is 18.9 Å². The zero-order chi connectivity index (χ0) is 23.8. The van der Waals surface area contributed by atoms with Crippen molar-refractivity contribution in [2.75, 3.05) is 7.05 Å². The number of alkyl halides is 3. The van der Waals surface area contributed by atoms with Crippen molar-refractivity contribution in [2.45, 2.75) is 33.0 Å². The normalized spacial score (nSPS) is 13.0. The van der Waals surface area contributed by atoms with Gasteiger partial charge in [-0.2, -0.15) is 13.2 Å². The lowest BCUT2D eigenvalue weighted by Crippen LogP contribution is -2.41. The number of benzene rings is 1.